The highest BCUT2D eigenvalue weighted by molar-refractivity contribution is 8.00. The Labute approximate surface area is 241 Å². The van der Waals surface area contributed by atoms with E-state index in [1.54, 1.807) is 29.0 Å². The van der Waals surface area contributed by atoms with Crippen molar-refractivity contribution in [2.24, 2.45) is 0 Å². The van der Waals surface area contributed by atoms with Gasteiger partial charge < -0.3 is 34.9 Å². The van der Waals surface area contributed by atoms with E-state index in [1.165, 1.54) is 17.4 Å². The summed E-state index contributed by atoms with van der Waals surface area (Å²) in [5.41, 5.74) is 0. The molecule has 17 heteroatoms. The molecule has 40 heavy (non-hydrogen) atoms. The van der Waals surface area contributed by atoms with Gasteiger partial charge in [-0.1, -0.05) is 12.1 Å². The Balaban J connectivity index is 1.30. The van der Waals surface area contributed by atoms with Crippen LogP contribution in [0.2, 0.25) is 0 Å². The Bertz CT molecular complexity index is 1360. The molecule has 2 aromatic rings. The molecule has 13 nitrogen and oxygen atoms in total. The topological polar surface area (TPSA) is 196 Å². The Morgan fingerprint density at radius 1 is 0.975 bits per heavy atom. The van der Waals surface area contributed by atoms with Gasteiger partial charge in [-0.3, -0.25) is 14.4 Å². The van der Waals surface area contributed by atoms with Crippen LogP contribution in [0.25, 0.3) is 0 Å². The first-order valence-corrected chi connectivity index (χ1v) is 16.4. The van der Waals surface area contributed by atoms with E-state index in [0.717, 1.165) is 32.9 Å². The van der Waals surface area contributed by atoms with Crippen LogP contribution in [0.5, 0.6) is 0 Å². The van der Waals surface area contributed by atoms with Crippen molar-refractivity contribution in [3.05, 3.63) is 39.9 Å². The van der Waals surface area contributed by atoms with E-state index in [1.807, 2.05) is 0 Å². The van der Waals surface area contributed by atoms with Crippen molar-refractivity contribution in [3.8, 4) is 0 Å². The van der Waals surface area contributed by atoms with Gasteiger partial charge in [0, 0.05) is 19.1 Å². The third kappa shape index (κ3) is 6.83. The second-order valence-electron chi connectivity index (χ2n) is 9.06. The van der Waals surface area contributed by atoms with Crippen molar-refractivity contribution >= 4 is 74.1 Å². The number of nitrogens with zero attached hydrogens (tertiary/aromatic N) is 2. The lowest BCUT2D eigenvalue weighted by atomic mass is 10.1. The van der Waals surface area contributed by atoms with Crippen molar-refractivity contribution in [3.63, 3.8) is 0 Å². The molecule has 2 N–H and O–H groups in total. The van der Waals surface area contributed by atoms with E-state index in [9.17, 15) is 42.6 Å². The van der Waals surface area contributed by atoms with Crippen LogP contribution in [-0.4, -0.2) is 96.6 Å². The number of carboxylic acids is 2. The first kappa shape index (κ1) is 30.0. The first-order valence-electron chi connectivity index (χ1n) is 12.0. The van der Waals surface area contributed by atoms with Crippen LogP contribution in [-0.2, 0) is 29.2 Å². The quantitative estimate of drug-likeness (QED) is 0.273. The summed E-state index contributed by atoms with van der Waals surface area (Å²) in [7, 11) is -3.89. The number of amides is 3. The van der Waals surface area contributed by atoms with Gasteiger partial charge in [0.25, 0.3) is 5.91 Å². The fourth-order valence-corrected chi connectivity index (χ4v) is 8.33. The number of hydrogen-bond donors (Lipinski definition) is 2. The molecule has 2 saturated heterocycles. The number of likely N-dealkylation sites (tertiary alicyclic amines) is 2. The summed E-state index contributed by atoms with van der Waals surface area (Å²) < 4.78 is 27.5. The summed E-state index contributed by atoms with van der Waals surface area (Å²) >= 11 is 3.05. The third-order valence-electron chi connectivity index (χ3n) is 6.45. The van der Waals surface area contributed by atoms with E-state index in [2.05, 4.69) is 10.0 Å². The molecule has 2 fully saturated rings. The van der Waals surface area contributed by atoms with Crippen molar-refractivity contribution < 1.29 is 42.6 Å². The van der Waals surface area contributed by atoms with Gasteiger partial charge in [-0.05, 0) is 35.7 Å². The molecule has 4 atom stereocenters. The molecular weight excluding hydrogens is 605 g/mol. The van der Waals surface area contributed by atoms with E-state index in [0.29, 0.717) is 4.88 Å². The average molecular weight is 629 g/mol. The molecule has 216 valence electrons. The molecule has 4 rings (SSSR count). The molecule has 2 aromatic heterocycles. The summed E-state index contributed by atoms with van der Waals surface area (Å²) in [6, 6.07) is 1.80. The maximum atomic E-state index is 12.8. The largest absolute Gasteiger partial charge is 0.548 e. The van der Waals surface area contributed by atoms with Crippen LogP contribution in [0.4, 0.5) is 0 Å². The Morgan fingerprint density at radius 2 is 1.65 bits per heavy atom. The Hall–Kier alpha value is -2.99. The molecule has 0 radical (unpaired) electrons. The van der Waals surface area contributed by atoms with E-state index in [-0.39, 0.29) is 41.6 Å². The smallest absolute Gasteiger partial charge is 0.261 e. The maximum absolute atomic E-state index is 12.8. The Kier molecular flexibility index (Phi) is 9.50. The lowest BCUT2D eigenvalue weighted by Crippen LogP contribution is -2.56. The number of thiophene rings is 2. The highest BCUT2D eigenvalue weighted by atomic mass is 32.2. The minimum atomic E-state index is -3.89. The van der Waals surface area contributed by atoms with Gasteiger partial charge in [0.2, 0.25) is 21.8 Å². The number of carbonyl (C=O) groups excluding carboxylic acids is 5. The fourth-order valence-electron chi connectivity index (χ4n) is 4.67. The number of hydrogen-bond acceptors (Lipinski definition) is 12. The van der Waals surface area contributed by atoms with Crippen LogP contribution in [0.15, 0.2) is 39.2 Å². The number of nitrogens with one attached hydrogen (secondary N) is 2. The summed E-state index contributed by atoms with van der Waals surface area (Å²) in [5, 5.41) is 29.4. The van der Waals surface area contributed by atoms with Gasteiger partial charge in [-0.2, -0.15) is 0 Å². The average Bonchev–Trinajstić information content (AvgIpc) is 3.70. The highest BCUT2D eigenvalue weighted by Crippen LogP contribution is 2.24. The van der Waals surface area contributed by atoms with E-state index >= 15 is 0 Å². The monoisotopic (exact) mass is 628 g/mol. The van der Waals surface area contributed by atoms with Gasteiger partial charge in [-0.25, -0.2) is 13.1 Å². The zero-order chi connectivity index (χ0) is 29.0. The lowest BCUT2D eigenvalue weighted by Gasteiger charge is -2.29. The lowest BCUT2D eigenvalue weighted by molar-refractivity contribution is -0.312. The van der Waals surface area contributed by atoms with Crippen molar-refractivity contribution in [2.45, 2.75) is 41.2 Å². The van der Waals surface area contributed by atoms with Crippen LogP contribution in [0, 0.1) is 0 Å². The molecule has 0 saturated carbocycles. The molecule has 0 unspecified atom stereocenters. The molecular formula is C23H24N4O9S4-2. The second kappa shape index (κ2) is 12.7. The minimum absolute atomic E-state index is 0.0569. The number of rotatable bonds is 11. The molecule has 2 aliphatic heterocycles. The molecule has 3 amide bonds. The highest BCUT2D eigenvalue weighted by Gasteiger charge is 2.40. The van der Waals surface area contributed by atoms with Crippen LogP contribution < -0.4 is 20.3 Å². The zero-order valence-electron chi connectivity index (χ0n) is 20.7. The van der Waals surface area contributed by atoms with Crippen molar-refractivity contribution in [1.29, 1.82) is 0 Å². The normalized spacial score (nSPS) is 22.8. The summed E-state index contributed by atoms with van der Waals surface area (Å²) in [5.74, 6) is -5.31. The molecule has 0 aliphatic carbocycles. The standard InChI is InChI=1S/C23H26N4O9S4/c28-17(26-6-5-14(20(26)23(33)34)24-21(30)16-3-1-7-38-16)11-37-12-18(29)27-10-13(9-15(27)22(31)32)25-40(35,36)19-4-2-8-39-19/h1-4,7-8,13-15,20,25H,5-6,9-12H2,(H,24,30)(H,31,32)(H,33,34)/p-2/t13-,14-,15-,20-/m0/s1. The van der Waals surface area contributed by atoms with Crippen LogP contribution in [0.3, 0.4) is 0 Å². The summed E-state index contributed by atoms with van der Waals surface area (Å²) in [6.45, 7) is -0.132. The molecule has 0 spiro atoms. The number of carbonyl (C=O) groups is 5. The summed E-state index contributed by atoms with van der Waals surface area (Å²) in [4.78, 5) is 64.0. The predicted octanol–water partition coefficient (Wildman–Crippen LogP) is -2.31. The van der Waals surface area contributed by atoms with Crippen molar-refractivity contribution in [2.75, 3.05) is 24.6 Å². The Morgan fingerprint density at radius 3 is 2.25 bits per heavy atom. The zero-order valence-corrected chi connectivity index (χ0v) is 24.0. The minimum Gasteiger partial charge on any atom is -0.548 e. The number of sulfonamides is 1. The molecule has 0 aromatic carbocycles. The predicted molar refractivity (Wildman–Crippen MR) is 142 cm³/mol. The SMILES string of the molecule is O=C(N[C@H]1CCN(C(=O)CSCC(=O)N2C[C@@H](NS(=O)(=O)c3cccs3)C[C@H]2C(=O)[O-])[C@@H]1C(=O)[O-])c1cccs1. The number of thioether (sulfide) groups is 1. The third-order valence-corrected chi connectivity index (χ3v) is 11.1. The molecule has 4 heterocycles. The van der Waals surface area contributed by atoms with E-state index in [4.69, 9.17) is 0 Å². The summed E-state index contributed by atoms with van der Waals surface area (Å²) in [6.07, 6.45) is 0.0247. The van der Waals surface area contributed by atoms with Crippen LogP contribution in [0.1, 0.15) is 22.5 Å². The van der Waals surface area contributed by atoms with E-state index < -0.39 is 63.9 Å². The van der Waals surface area contributed by atoms with Crippen LogP contribution >= 0.6 is 34.4 Å². The van der Waals surface area contributed by atoms with Gasteiger partial charge in [-0.15, -0.1) is 34.4 Å². The van der Waals surface area contributed by atoms with Gasteiger partial charge in [0.15, 0.2) is 0 Å². The number of carboxylic acid groups (broad SMARTS) is 2. The molecule has 2 aliphatic rings. The second-order valence-corrected chi connectivity index (χ2v) is 13.9. The fraction of sp³-hybridized carbons (Fsp3) is 0.435. The first-order chi connectivity index (χ1) is 19.0. The van der Waals surface area contributed by atoms with Gasteiger partial charge in [0.1, 0.15) is 4.21 Å². The van der Waals surface area contributed by atoms with Gasteiger partial charge in [0.05, 0.1) is 46.4 Å². The molecule has 0 bridgehead atoms. The van der Waals surface area contributed by atoms with Crippen molar-refractivity contribution in [1.82, 2.24) is 19.8 Å². The maximum Gasteiger partial charge on any atom is 0.261 e. The number of aliphatic carboxylic acids is 2. The van der Waals surface area contributed by atoms with Gasteiger partial charge >= 0.3 is 0 Å².